The van der Waals surface area contributed by atoms with E-state index in [1.165, 1.54) is 0 Å². The molecule has 4 nitrogen and oxygen atoms in total. The zero-order chi connectivity index (χ0) is 17.0. The van der Waals surface area contributed by atoms with Gasteiger partial charge in [0.25, 0.3) is 0 Å². The number of rotatable bonds is 6. The summed E-state index contributed by atoms with van der Waals surface area (Å²) < 4.78 is 17.0. The molecule has 0 radical (unpaired) electrons. The molecule has 1 aliphatic heterocycles. The molecule has 1 saturated carbocycles. The molecule has 4 heteroatoms. The van der Waals surface area contributed by atoms with Crippen molar-refractivity contribution in [1.82, 2.24) is 4.90 Å². The van der Waals surface area contributed by atoms with E-state index in [-0.39, 0.29) is 5.60 Å². The number of likely N-dealkylation sites (tertiary alicyclic amines) is 1. The number of fused-ring (bicyclic) bond motifs is 1. The highest BCUT2D eigenvalue weighted by molar-refractivity contribution is 5.57. The minimum absolute atomic E-state index is 0.0211. The predicted octanol–water partition coefficient (Wildman–Crippen LogP) is 3.37. The summed E-state index contributed by atoms with van der Waals surface area (Å²) in [6, 6.07) is 8.56. The summed E-state index contributed by atoms with van der Waals surface area (Å²) in [5.74, 6) is 0.915. The van der Waals surface area contributed by atoms with Crippen molar-refractivity contribution in [2.45, 2.75) is 43.4 Å². The van der Waals surface area contributed by atoms with Gasteiger partial charge < -0.3 is 14.2 Å². The molecular weight excluding hydrogens is 302 g/mol. The third kappa shape index (κ3) is 3.37. The Hall–Kier alpha value is -1.36. The van der Waals surface area contributed by atoms with Gasteiger partial charge >= 0.3 is 0 Å². The molecule has 1 aromatic rings. The number of hydrogen-bond acceptors (Lipinski definition) is 4. The number of ether oxygens (including phenoxy) is 3. The first-order valence-corrected chi connectivity index (χ1v) is 8.84. The van der Waals surface area contributed by atoms with Gasteiger partial charge in [-0.3, -0.25) is 4.90 Å². The second-order valence-electron chi connectivity index (χ2n) is 6.81. The molecule has 3 atom stereocenters. The van der Waals surface area contributed by atoms with Crippen molar-refractivity contribution in [2.75, 3.05) is 34.4 Å². The molecule has 1 heterocycles. The van der Waals surface area contributed by atoms with Crippen LogP contribution in [0.25, 0.3) is 6.08 Å². The molecular formula is C20H29NO3. The van der Waals surface area contributed by atoms with E-state index in [0.717, 1.165) is 50.1 Å². The third-order valence-electron chi connectivity index (χ3n) is 5.76. The molecule has 0 N–H and O–H groups in total. The maximum absolute atomic E-state index is 5.99. The number of nitrogens with zero attached hydrogens (tertiary/aromatic N) is 1. The van der Waals surface area contributed by atoms with Gasteiger partial charge in [-0.15, -0.1) is 0 Å². The predicted molar refractivity (Wildman–Crippen MR) is 96.4 cm³/mol. The molecule has 0 spiro atoms. The van der Waals surface area contributed by atoms with Crippen molar-refractivity contribution in [1.29, 1.82) is 0 Å². The minimum atomic E-state index is 0.0211. The van der Waals surface area contributed by atoms with Gasteiger partial charge in [0.15, 0.2) is 0 Å². The number of methoxy groups -OCH3 is 3. The van der Waals surface area contributed by atoms with E-state index < -0.39 is 0 Å². The molecule has 0 unspecified atom stereocenters. The highest BCUT2D eigenvalue weighted by Gasteiger charge is 2.50. The van der Waals surface area contributed by atoms with Crippen LogP contribution in [0.5, 0.6) is 5.75 Å². The minimum Gasteiger partial charge on any atom is -0.496 e. The van der Waals surface area contributed by atoms with Gasteiger partial charge in [-0.2, -0.15) is 0 Å². The van der Waals surface area contributed by atoms with Crippen LogP contribution in [0.1, 0.15) is 31.2 Å². The van der Waals surface area contributed by atoms with Crippen molar-refractivity contribution in [3.63, 3.8) is 0 Å². The van der Waals surface area contributed by atoms with E-state index in [1.807, 2.05) is 32.4 Å². The van der Waals surface area contributed by atoms with E-state index in [1.54, 1.807) is 7.11 Å². The molecule has 24 heavy (non-hydrogen) atoms. The summed E-state index contributed by atoms with van der Waals surface area (Å²) in [4.78, 5) is 2.54. The van der Waals surface area contributed by atoms with Crippen LogP contribution in [-0.4, -0.2) is 57.1 Å². The molecule has 1 saturated heterocycles. The quantitative estimate of drug-likeness (QED) is 0.800. The molecule has 0 aromatic heterocycles. The summed E-state index contributed by atoms with van der Waals surface area (Å²) >= 11 is 0. The Morgan fingerprint density at radius 3 is 2.79 bits per heavy atom. The lowest BCUT2D eigenvalue weighted by Crippen LogP contribution is -2.51. The van der Waals surface area contributed by atoms with E-state index in [2.05, 4.69) is 23.1 Å². The van der Waals surface area contributed by atoms with Crippen LogP contribution in [0.2, 0.25) is 0 Å². The molecule has 0 bridgehead atoms. The SMILES string of the molecule is COc1ccccc1/C=C/CN1CC[C@]2(OC)CC[C@H](OC)C[C@H]12. The molecule has 0 amide bonds. The van der Waals surface area contributed by atoms with Crippen LogP contribution in [-0.2, 0) is 9.47 Å². The largest absolute Gasteiger partial charge is 0.496 e. The van der Waals surface area contributed by atoms with Crippen LogP contribution in [0.4, 0.5) is 0 Å². The Kier molecular flexibility index (Phi) is 5.59. The highest BCUT2D eigenvalue weighted by atomic mass is 16.5. The Bertz CT molecular complexity index is 574. The Labute approximate surface area is 145 Å². The first kappa shape index (κ1) is 17.5. The van der Waals surface area contributed by atoms with Gasteiger partial charge in [0.1, 0.15) is 5.75 Å². The van der Waals surface area contributed by atoms with Crippen LogP contribution in [0.3, 0.4) is 0 Å². The van der Waals surface area contributed by atoms with Gasteiger partial charge in [-0.05, 0) is 31.7 Å². The zero-order valence-corrected chi connectivity index (χ0v) is 15.0. The van der Waals surface area contributed by atoms with E-state index in [9.17, 15) is 0 Å². The summed E-state index contributed by atoms with van der Waals surface area (Å²) in [6.07, 6.45) is 9.13. The molecule has 132 valence electrons. The Balaban J connectivity index is 1.67. The van der Waals surface area contributed by atoms with Crippen LogP contribution in [0, 0.1) is 0 Å². The second-order valence-corrected chi connectivity index (χ2v) is 6.81. The van der Waals surface area contributed by atoms with Gasteiger partial charge in [0.2, 0.25) is 0 Å². The summed E-state index contributed by atoms with van der Waals surface area (Å²) in [5, 5.41) is 0. The van der Waals surface area contributed by atoms with Crippen molar-refractivity contribution in [3.05, 3.63) is 35.9 Å². The summed E-state index contributed by atoms with van der Waals surface area (Å²) in [6.45, 7) is 2.02. The van der Waals surface area contributed by atoms with Crippen molar-refractivity contribution >= 4 is 6.08 Å². The van der Waals surface area contributed by atoms with Crippen molar-refractivity contribution in [3.8, 4) is 5.75 Å². The van der Waals surface area contributed by atoms with Gasteiger partial charge in [0, 0.05) is 38.9 Å². The van der Waals surface area contributed by atoms with Gasteiger partial charge in [0.05, 0.1) is 18.8 Å². The Morgan fingerprint density at radius 2 is 2.04 bits per heavy atom. The van der Waals surface area contributed by atoms with E-state index in [0.29, 0.717) is 12.1 Å². The topological polar surface area (TPSA) is 30.9 Å². The molecule has 1 aliphatic carbocycles. The zero-order valence-electron chi connectivity index (χ0n) is 15.0. The van der Waals surface area contributed by atoms with Crippen molar-refractivity contribution < 1.29 is 14.2 Å². The van der Waals surface area contributed by atoms with Gasteiger partial charge in [-0.1, -0.05) is 30.4 Å². The van der Waals surface area contributed by atoms with Crippen molar-refractivity contribution in [2.24, 2.45) is 0 Å². The fourth-order valence-corrected chi connectivity index (χ4v) is 4.31. The highest BCUT2D eigenvalue weighted by Crippen LogP contribution is 2.42. The van der Waals surface area contributed by atoms with Gasteiger partial charge in [-0.25, -0.2) is 0 Å². The average molecular weight is 331 g/mol. The van der Waals surface area contributed by atoms with E-state index in [4.69, 9.17) is 14.2 Å². The smallest absolute Gasteiger partial charge is 0.126 e. The lowest BCUT2D eigenvalue weighted by Gasteiger charge is -2.43. The van der Waals surface area contributed by atoms with Crippen LogP contribution in [0.15, 0.2) is 30.3 Å². The molecule has 1 aromatic carbocycles. The summed E-state index contributed by atoms with van der Waals surface area (Å²) in [5.41, 5.74) is 1.14. The fourth-order valence-electron chi connectivity index (χ4n) is 4.31. The lowest BCUT2D eigenvalue weighted by molar-refractivity contribution is -0.0924. The maximum Gasteiger partial charge on any atom is 0.126 e. The molecule has 3 rings (SSSR count). The maximum atomic E-state index is 5.99. The fraction of sp³-hybridized carbons (Fsp3) is 0.600. The first-order valence-electron chi connectivity index (χ1n) is 8.84. The Morgan fingerprint density at radius 1 is 1.21 bits per heavy atom. The number of hydrogen-bond donors (Lipinski definition) is 0. The number of para-hydroxylation sites is 1. The summed E-state index contributed by atoms with van der Waals surface area (Å²) in [7, 11) is 5.41. The van der Waals surface area contributed by atoms with Crippen LogP contribution >= 0.6 is 0 Å². The first-order chi connectivity index (χ1) is 11.7. The molecule has 2 aliphatic rings. The standard InChI is InChI=1S/C20H29NO3/c1-22-17-10-11-20(24-3)12-14-21(19(20)15-17)13-6-8-16-7-4-5-9-18(16)23-2/h4-9,17,19H,10-15H2,1-3H3/b8-6+/t17-,19-,20+/m0/s1. The second kappa shape index (κ2) is 7.68. The van der Waals surface area contributed by atoms with E-state index >= 15 is 0 Å². The average Bonchev–Trinajstić information content (AvgIpc) is 3.00. The lowest BCUT2D eigenvalue weighted by atomic mass is 9.79. The third-order valence-corrected chi connectivity index (χ3v) is 5.76. The van der Waals surface area contributed by atoms with Crippen LogP contribution < -0.4 is 4.74 Å². The normalized spacial score (nSPS) is 30.6. The number of benzene rings is 1. The monoisotopic (exact) mass is 331 g/mol. The molecule has 2 fully saturated rings.